The molecule has 0 saturated carbocycles. The van der Waals surface area contributed by atoms with Crippen molar-refractivity contribution in [2.45, 2.75) is 13.0 Å². The molecule has 1 amide bonds. The van der Waals surface area contributed by atoms with Crippen LogP contribution in [-0.2, 0) is 4.79 Å². The highest BCUT2D eigenvalue weighted by molar-refractivity contribution is 6.03. The van der Waals surface area contributed by atoms with Crippen LogP contribution in [0.1, 0.15) is 6.92 Å². The van der Waals surface area contributed by atoms with Gasteiger partial charge in [-0.2, -0.15) is 0 Å². The molecule has 2 rings (SSSR count). The number of carbonyl (C=O) groups is 1. The summed E-state index contributed by atoms with van der Waals surface area (Å²) in [6.45, 7) is 1.83. The fourth-order valence-electron chi connectivity index (χ4n) is 1.71. The Balaban J connectivity index is 2.33. The summed E-state index contributed by atoms with van der Waals surface area (Å²) in [6.07, 6.45) is 0. The molecular weight excluding hydrogens is 212 g/mol. The van der Waals surface area contributed by atoms with Crippen LogP contribution in [-0.4, -0.2) is 19.0 Å². The predicted molar refractivity (Wildman–Crippen MR) is 71.1 cm³/mol. The van der Waals surface area contributed by atoms with E-state index in [0.717, 1.165) is 16.5 Å². The van der Waals surface area contributed by atoms with Crippen molar-refractivity contribution in [1.29, 1.82) is 0 Å². The number of anilines is 1. The Bertz CT molecular complexity index is 531. The Hall–Kier alpha value is -1.87. The van der Waals surface area contributed by atoms with Crippen LogP contribution in [0.5, 0.6) is 0 Å². The summed E-state index contributed by atoms with van der Waals surface area (Å²) in [5, 5.41) is 8.04. The Morgan fingerprint density at radius 3 is 2.59 bits per heavy atom. The average Bonchev–Trinajstić information content (AvgIpc) is 2.38. The highest BCUT2D eigenvalue weighted by Gasteiger charge is 2.11. The Morgan fingerprint density at radius 1 is 1.12 bits per heavy atom. The summed E-state index contributed by atoms with van der Waals surface area (Å²) in [4.78, 5) is 11.8. The molecule has 2 aromatic carbocycles. The van der Waals surface area contributed by atoms with Crippen LogP contribution in [0.2, 0.25) is 0 Å². The number of fused-ring (bicyclic) bond motifs is 1. The van der Waals surface area contributed by atoms with E-state index >= 15 is 0 Å². The minimum atomic E-state index is -0.200. The zero-order valence-corrected chi connectivity index (χ0v) is 10.0. The van der Waals surface area contributed by atoms with Gasteiger partial charge in [-0.15, -0.1) is 0 Å². The summed E-state index contributed by atoms with van der Waals surface area (Å²) in [5.41, 5.74) is 0.857. The lowest BCUT2D eigenvalue weighted by atomic mass is 10.1. The molecule has 2 N–H and O–H groups in total. The molecule has 1 unspecified atom stereocenters. The van der Waals surface area contributed by atoms with E-state index in [2.05, 4.69) is 10.6 Å². The smallest absolute Gasteiger partial charge is 0.241 e. The first-order valence-electron chi connectivity index (χ1n) is 5.68. The van der Waals surface area contributed by atoms with Crippen molar-refractivity contribution in [2.24, 2.45) is 0 Å². The van der Waals surface area contributed by atoms with Gasteiger partial charge in [0, 0.05) is 11.1 Å². The molecule has 0 bridgehead atoms. The van der Waals surface area contributed by atoms with E-state index in [1.54, 1.807) is 7.05 Å². The Morgan fingerprint density at radius 2 is 1.82 bits per heavy atom. The average molecular weight is 228 g/mol. The molecule has 0 spiro atoms. The third kappa shape index (κ3) is 2.45. The van der Waals surface area contributed by atoms with Gasteiger partial charge in [0.25, 0.3) is 0 Å². The number of benzene rings is 2. The maximum Gasteiger partial charge on any atom is 0.241 e. The third-order valence-electron chi connectivity index (χ3n) is 2.87. The van der Waals surface area contributed by atoms with Crippen LogP contribution in [0.3, 0.4) is 0 Å². The van der Waals surface area contributed by atoms with Gasteiger partial charge in [0.2, 0.25) is 5.91 Å². The zero-order chi connectivity index (χ0) is 12.3. The molecule has 3 nitrogen and oxygen atoms in total. The molecule has 0 aliphatic carbocycles. The zero-order valence-electron chi connectivity index (χ0n) is 10.0. The van der Waals surface area contributed by atoms with Gasteiger partial charge in [0.1, 0.15) is 0 Å². The van der Waals surface area contributed by atoms with Crippen LogP contribution in [0.25, 0.3) is 10.8 Å². The van der Waals surface area contributed by atoms with Crippen LogP contribution in [0.4, 0.5) is 5.69 Å². The summed E-state index contributed by atoms with van der Waals surface area (Å²) in [6, 6.07) is 13.7. The minimum Gasteiger partial charge on any atom is -0.324 e. The molecule has 17 heavy (non-hydrogen) atoms. The minimum absolute atomic E-state index is 0.0242. The van der Waals surface area contributed by atoms with Gasteiger partial charge in [-0.25, -0.2) is 0 Å². The summed E-state index contributed by atoms with van der Waals surface area (Å²) >= 11 is 0. The number of amides is 1. The number of hydrogen-bond acceptors (Lipinski definition) is 2. The lowest BCUT2D eigenvalue weighted by molar-refractivity contribution is -0.117. The van der Waals surface area contributed by atoms with Gasteiger partial charge in [-0.1, -0.05) is 36.4 Å². The van der Waals surface area contributed by atoms with E-state index in [0.29, 0.717) is 0 Å². The lowest BCUT2D eigenvalue weighted by Crippen LogP contribution is -2.35. The van der Waals surface area contributed by atoms with Crippen molar-refractivity contribution >= 4 is 22.4 Å². The Kier molecular flexibility index (Phi) is 3.40. The maximum atomic E-state index is 11.8. The second-order valence-corrected chi connectivity index (χ2v) is 4.03. The quantitative estimate of drug-likeness (QED) is 0.847. The van der Waals surface area contributed by atoms with E-state index in [4.69, 9.17) is 0 Å². The van der Waals surface area contributed by atoms with Gasteiger partial charge >= 0.3 is 0 Å². The molecule has 88 valence electrons. The first kappa shape index (κ1) is 11.6. The maximum absolute atomic E-state index is 11.8. The van der Waals surface area contributed by atoms with Crippen LogP contribution < -0.4 is 10.6 Å². The van der Waals surface area contributed by atoms with Crippen molar-refractivity contribution in [3.63, 3.8) is 0 Å². The monoisotopic (exact) mass is 228 g/mol. The first-order chi connectivity index (χ1) is 8.22. The van der Waals surface area contributed by atoms with Gasteiger partial charge in [0.05, 0.1) is 6.04 Å². The molecular formula is C14H16N2O. The van der Waals surface area contributed by atoms with Crippen LogP contribution in [0, 0.1) is 0 Å². The molecule has 0 heterocycles. The normalized spacial score (nSPS) is 12.4. The molecule has 1 atom stereocenters. The SMILES string of the molecule is CNC(C)C(=O)Nc1cccc2ccccc12. The molecule has 3 heteroatoms. The van der Waals surface area contributed by atoms with Crippen molar-refractivity contribution < 1.29 is 4.79 Å². The van der Waals surface area contributed by atoms with Gasteiger partial charge in [0.15, 0.2) is 0 Å². The third-order valence-corrected chi connectivity index (χ3v) is 2.87. The number of hydrogen-bond donors (Lipinski definition) is 2. The van der Waals surface area contributed by atoms with Gasteiger partial charge in [-0.05, 0) is 25.4 Å². The highest BCUT2D eigenvalue weighted by atomic mass is 16.2. The summed E-state index contributed by atoms with van der Waals surface area (Å²) < 4.78 is 0. The van der Waals surface area contributed by atoms with Crippen molar-refractivity contribution in [3.05, 3.63) is 42.5 Å². The molecule has 2 aromatic rings. The Labute approximate surface area is 101 Å². The van der Waals surface area contributed by atoms with E-state index in [1.165, 1.54) is 0 Å². The number of carbonyl (C=O) groups excluding carboxylic acids is 1. The number of rotatable bonds is 3. The topological polar surface area (TPSA) is 41.1 Å². The molecule has 0 aliphatic heterocycles. The number of likely N-dealkylation sites (N-methyl/N-ethyl adjacent to an activating group) is 1. The van der Waals surface area contributed by atoms with E-state index in [9.17, 15) is 4.79 Å². The largest absolute Gasteiger partial charge is 0.324 e. The second-order valence-electron chi connectivity index (χ2n) is 4.03. The second kappa shape index (κ2) is 4.97. The number of nitrogens with one attached hydrogen (secondary N) is 2. The molecule has 0 saturated heterocycles. The van der Waals surface area contributed by atoms with Crippen molar-refractivity contribution in [1.82, 2.24) is 5.32 Å². The van der Waals surface area contributed by atoms with E-state index in [1.807, 2.05) is 49.4 Å². The van der Waals surface area contributed by atoms with Crippen molar-refractivity contribution in [3.8, 4) is 0 Å². The molecule has 0 aliphatic rings. The van der Waals surface area contributed by atoms with E-state index < -0.39 is 0 Å². The van der Waals surface area contributed by atoms with Crippen molar-refractivity contribution in [2.75, 3.05) is 12.4 Å². The van der Waals surface area contributed by atoms with Crippen LogP contribution in [0.15, 0.2) is 42.5 Å². The predicted octanol–water partition coefficient (Wildman–Crippen LogP) is 2.39. The first-order valence-corrected chi connectivity index (χ1v) is 5.68. The molecule has 0 fully saturated rings. The van der Waals surface area contributed by atoms with Gasteiger partial charge < -0.3 is 10.6 Å². The summed E-state index contributed by atoms with van der Waals surface area (Å²) in [5.74, 6) is -0.0242. The highest BCUT2D eigenvalue weighted by Crippen LogP contribution is 2.22. The van der Waals surface area contributed by atoms with E-state index in [-0.39, 0.29) is 11.9 Å². The lowest BCUT2D eigenvalue weighted by Gasteiger charge is -2.12. The van der Waals surface area contributed by atoms with Gasteiger partial charge in [-0.3, -0.25) is 4.79 Å². The molecule has 0 aromatic heterocycles. The standard InChI is InChI=1S/C14H16N2O/c1-10(15-2)14(17)16-13-9-5-7-11-6-3-4-8-12(11)13/h3-10,15H,1-2H3,(H,16,17). The summed E-state index contributed by atoms with van der Waals surface area (Å²) in [7, 11) is 1.77. The molecule has 0 radical (unpaired) electrons. The fourth-order valence-corrected chi connectivity index (χ4v) is 1.71. The fraction of sp³-hybridized carbons (Fsp3) is 0.214. The van der Waals surface area contributed by atoms with Crippen LogP contribution >= 0.6 is 0 Å².